The monoisotopic (exact) mass is 581 g/mol. The van der Waals surface area contributed by atoms with Crippen LogP contribution < -0.4 is 5.32 Å². The zero-order chi connectivity index (χ0) is 30.8. The topological polar surface area (TPSA) is 69.6 Å². The Hall–Kier alpha value is -2.43. The number of unbranched alkanes of at least 4 members (excludes halogenated alkanes) is 7. The van der Waals surface area contributed by atoms with E-state index in [1.807, 2.05) is 0 Å². The third-order valence-electron chi connectivity index (χ3n) is 6.92. The molecule has 0 saturated carbocycles. The summed E-state index contributed by atoms with van der Waals surface area (Å²) in [5.74, 6) is -0.0766. The smallest absolute Gasteiger partial charge is 0.220 e. The Labute approximate surface area is 259 Å². The van der Waals surface area contributed by atoms with Gasteiger partial charge in [0, 0.05) is 6.42 Å². The minimum atomic E-state index is -0.674. The second-order valence-corrected chi connectivity index (χ2v) is 10.8. The lowest BCUT2D eigenvalue weighted by Gasteiger charge is -2.22. The van der Waals surface area contributed by atoms with Gasteiger partial charge in [0.25, 0.3) is 0 Å². The van der Waals surface area contributed by atoms with Gasteiger partial charge in [-0.15, -0.1) is 0 Å². The SMILES string of the molecule is CC/C=C\C/C=C\C/C=C\C/C=C\C/C=C\C/C=C\C/C=C\CCCCCC(=O)NC(CO)C(O)CCCCCCC. The molecule has 1 amide bonds. The minimum absolute atomic E-state index is 0.0766. The number of rotatable bonds is 28. The van der Waals surface area contributed by atoms with Gasteiger partial charge >= 0.3 is 0 Å². The summed E-state index contributed by atoms with van der Waals surface area (Å²) in [5.41, 5.74) is 0. The van der Waals surface area contributed by atoms with Crippen LogP contribution in [0.3, 0.4) is 0 Å². The molecule has 0 aliphatic heterocycles. The van der Waals surface area contributed by atoms with Crippen LogP contribution in [0.25, 0.3) is 0 Å². The van der Waals surface area contributed by atoms with E-state index in [2.05, 4.69) is 104 Å². The van der Waals surface area contributed by atoms with E-state index in [0.29, 0.717) is 12.8 Å². The summed E-state index contributed by atoms with van der Waals surface area (Å²) in [7, 11) is 0. The van der Waals surface area contributed by atoms with Crippen LogP contribution >= 0.6 is 0 Å². The highest BCUT2D eigenvalue weighted by molar-refractivity contribution is 5.76. The Balaban J connectivity index is 3.71. The van der Waals surface area contributed by atoms with Crippen LogP contribution in [0.15, 0.2) is 85.1 Å². The fourth-order valence-corrected chi connectivity index (χ4v) is 4.34. The van der Waals surface area contributed by atoms with Crippen LogP contribution in [0.4, 0.5) is 0 Å². The van der Waals surface area contributed by atoms with Crippen molar-refractivity contribution in [3.63, 3.8) is 0 Å². The van der Waals surface area contributed by atoms with Crippen molar-refractivity contribution < 1.29 is 15.0 Å². The van der Waals surface area contributed by atoms with Gasteiger partial charge in [0.2, 0.25) is 5.91 Å². The standard InChI is InChI=1S/C38H63NO3/c1-3-5-7-9-10-11-12-13-14-15-16-17-18-19-20-21-22-23-24-25-26-27-28-30-32-34-38(42)39-36(35-40)37(41)33-31-29-8-6-4-2/h5,7,10-11,13-14,16-17,19-20,22-23,25-26,36-37,40-41H,3-4,6,8-9,12,15,18,21,24,27-35H2,1-2H3,(H,39,42)/b7-5-,11-10-,14-13-,17-16-,20-19-,23-22-,26-25-. The van der Waals surface area contributed by atoms with Gasteiger partial charge in [-0.1, -0.05) is 137 Å². The van der Waals surface area contributed by atoms with Crippen molar-refractivity contribution in [1.82, 2.24) is 5.32 Å². The van der Waals surface area contributed by atoms with Gasteiger partial charge in [-0.05, 0) is 70.6 Å². The summed E-state index contributed by atoms with van der Waals surface area (Å²) in [6, 6.07) is -0.555. The summed E-state index contributed by atoms with van der Waals surface area (Å²) < 4.78 is 0. The van der Waals surface area contributed by atoms with Gasteiger partial charge in [0.05, 0.1) is 18.8 Å². The van der Waals surface area contributed by atoms with Crippen LogP contribution in [0.5, 0.6) is 0 Å². The van der Waals surface area contributed by atoms with Crippen LogP contribution in [-0.4, -0.2) is 34.9 Å². The average molecular weight is 582 g/mol. The average Bonchev–Trinajstić information content (AvgIpc) is 2.99. The quantitative estimate of drug-likeness (QED) is 0.0636. The molecule has 3 N–H and O–H groups in total. The van der Waals surface area contributed by atoms with E-state index < -0.39 is 12.1 Å². The molecule has 0 fully saturated rings. The summed E-state index contributed by atoms with van der Waals surface area (Å²) in [6.45, 7) is 4.12. The molecule has 0 saturated heterocycles. The van der Waals surface area contributed by atoms with Gasteiger partial charge in [-0.25, -0.2) is 0 Å². The molecule has 4 heteroatoms. The molecule has 4 nitrogen and oxygen atoms in total. The number of nitrogens with one attached hydrogen (secondary N) is 1. The molecule has 0 spiro atoms. The van der Waals surface area contributed by atoms with Crippen molar-refractivity contribution in [1.29, 1.82) is 0 Å². The fourth-order valence-electron chi connectivity index (χ4n) is 4.34. The molecular formula is C38H63NO3. The van der Waals surface area contributed by atoms with E-state index in [-0.39, 0.29) is 12.5 Å². The number of aliphatic hydroxyl groups is 2. The summed E-state index contributed by atoms with van der Waals surface area (Å²) in [5, 5.41) is 22.7. The second-order valence-electron chi connectivity index (χ2n) is 10.8. The van der Waals surface area contributed by atoms with Crippen molar-refractivity contribution in [2.24, 2.45) is 0 Å². The fraction of sp³-hybridized carbons (Fsp3) is 0.605. The normalized spacial score (nSPS) is 14.3. The van der Waals surface area contributed by atoms with Crippen LogP contribution in [0, 0.1) is 0 Å². The molecule has 0 aromatic carbocycles. The molecule has 0 aromatic rings. The van der Waals surface area contributed by atoms with Gasteiger partial charge in [0.15, 0.2) is 0 Å². The highest BCUT2D eigenvalue weighted by atomic mass is 16.3. The predicted molar refractivity (Wildman–Crippen MR) is 183 cm³/mol. The number of amides is 1. The van der Waals surface area contributed by atoms with Crippen molar-refractivity contribution in [3.05, 3.63) is 85.1 Å². The van der Waals surface area contributed by atoms with E-state index >= 15 is 0 Å². The molecule has 0 radical (unpaired) electrons. The highest BCUT2D eigenvalue weighted by Gasteiger charge is 2.19. The second kappa shape index (κ2) is 33.1. The molecular weight excluding hydrogens is 518 g/mol. The highest BCUT2D eigenvalue weighted by Crippen LogP contribution is 2.10. The molecule has 42 heavy (non-hydrogen) atoms. The van der Waals surface area contributed by atoms with Crippen LogP contribution in [0.1, 0.15) is 129 Å². The first-order valence-corrected chi connectivity index (χ1v) is 16.8. The summed E-state index contributed by atoms with van der Waals surface area (Å²) in [6.07, 6.45) is 48.0. The third-order valence-corrected chi connectivity index (χ3v) is 6.92. The van der Waals surface area contributed by atoms with Gasteiger partial charge in [0.1, 0.15) is 0 Å². The van der Waals surface area contributed by atoms with Crippen molar-refractivity contribution in [3.8, 4) is 0 Å². The van der Waals surface area contributed by atoms with Crippen LogP contribution in [-0.2, 0) is 4.79 Å². The van der Waals surface area contributed by atoms with Gasteiger partial charge in [-0.2, -0.15) is 0 Å². The Morgan fingerprint density at radius 1 is 0.595 bits per heavy atom. The van der Waals surface area contributed by atoms with E-state index in [4.69, 9.17) is 0 Å². The van der Waals surface area contributed by atoms with Crippen LogP contribution in [0.2, 0.25) is 0 Å². The van der Waals surface area contributed by atoms with Crippen molar-refractivity contribution >= 4 is 5.91 Å². The molecule has 0 heterocycles. The Morgan fingerprint density at radius 2 is 1.05 bits per heavy atom. The van der Waals surface area contributed by atoms with Gasteiger partial charge < -0.3 is 15.5 Å². The molecule has 2 atom stereocenters. The van der Waals surface area contributed by atoms with Crippen molar-refractivity contribution in [2.45, 2.75) is 142 Å². The Bertz CT molecular complexity index is 803. The van der Waals surface area contributed by atoms with Crippen molar-refractivity contribution in [2.75, 3.05) is 6.61 Å². The Kier molecular flexibility index (Phi) is 31.2. The zero-order valence-electron chi connectivity index (χ0n) is 27.0. The maximum Gasteiger partial charge on any atom is 0.220 e. The lowest BCUT2D eigenvalue weighted by atomic mass is 10.0. The van der Waals surface area contributed by atoms with E-state index in [1.165, 1.54) is 19.3 Å². The zero-order valence-corrected chi connectivity index (χ0v) is 27.0. The number of allylic oxidation sites excluding steroid dienone is 14. The lowest BCUT2D eigenvalue weighted by Crippen LogP contribution is -2.45. The number of hydrogen-bond acceptors (Lipinski definition) is 3. The summed E-state index contributed by atoms with van der Waals surface area (Å²) in [4.78, 5) is 12.2. The predicted octanol–water partition coefficient (Wildman–Crippen LogP) is 9.78. The molecule has 0 aromatic heterocycles. The molecule has 2 unspecified atom stereocenters. The molecule has 0 rings (SSSR count). The van der Waals surface area contributed by atoms with E-state index in [1.54, 1.807) is 0 Å². The first-order chi connectivity index (χ1) is 20.7. The van der Waals surface area contributed by atoms with Gasteiger partial charge in [-0.3, -0.25) is 4.79 Å². The lowest BCUT2D eigenvalue weighted by molar-refractivity contribution is -0.123. The summed E-state index contributed by atoms with van der Waals surface area (Å²) >= 11 is 0. The molecule has 0 bridgehead atoms. The number of hydrogen-bond donors (Lipinski definition) is 3. The molecule has 0 aliphatic carbocycles. The maximum absolute atomic E-state index is 12.2. The maximum atomic E-state index is 12.2. The molecule has 238 valence electrons. The first kappa shape index (κ1) is 39.6. The third kappa shape index (κ3) is 29.1. The van der Waals surface area contributed by atoms with E-state index in [0.717, 1.165) is 83.5 Å². The largest absolute Gasteiger partial charge is 0.394 e. The number of carbonyl (C=O) groups is 1. The number of aliphatic hydroxyl groups excluding tert-OH is 2. The van der Waals surface area contributed by atoms with E-state index in [9.17, 15) is 15.0 Å². The first-order valence-electron chi connectivity index (χ1n) is 16.8. The molecule has 0 aliphatic rings. The Morgan fingerprint density at radius 3 is 1.52 bits per heavy atom. The number of carbonyl (C=O) groups excluding carboxylic acids is 1. The minimum Gasteiger partial charge on any atom is -0.394 e.